The topological polar surface area (TPSA) is 35.2 Å². The lowest BCUT2D eigenvalue weighted by molar-refractivity contribution is 0.00597. The Kier molecular flexibility index (Phi) is 3.08. The number of benzene rings is 1. The van der Waals surface area contributed by atoms with Crippen LogP contribution >= 0.6 is 0 Å². The van der Waals surface area contributed by atoms with Gasteiger partial charge in [0, 0.05) is 12.6 Å². The van der Waals surface area contributed by atoms with Crippen LogP contribution in [-0.4, -0.2) is 12.6 Å². The fourth-order valence-electron chi connectivity index (χ4n) is 2.36. The summed E-state index contributed by atoms with van der Waals surface area (Å²) in [6.45, 7) is 5.08. The summed E-state index contributed by atoms with van der Waals surface area (Å²) < 4.78 is 5.82. The molecule has 0 spiro atoms. The van der Waals surface area contributed by atoms with E-state index in [1.807, 2.05) is 0 Å². The molecule has 2 atom stereocenters. The highest BCUT2D eigenvalue weighted by atomic mass is 16.5. The first-order valence-corrected chi connectivity index (χ1v) is 5.62. The van der Waals surface area contributed by atoms with Gasteiger partial charge < -0.3 is 10.5 Å². The molecule has 1 aliphatic heterocycles. The van der Waals surface area contributed by atoms with Crippen molar-refractivity contribution >= 4 is 0 Å². The van der Waals surface area contributed by atoms with Crippen LogP contribution in [0.5, 0.6) is 0 Å². The molecule has 0 saturated carbocycles. The van der Waals surface area contributed by atoms with Gasteiger partial charge in [-0.1, -0.05) is 18.2 Å². The predicted octanol–water partition coefficient (Wildman–Crippen LogP) is 2.48. The molecule has 1 heterocycles. The molecule has 15 heavy (non-hydrogen) atoms. The average Bonchev–Trinajstić information content (AvgIpc) is 2.17. The van der Waals surface area contributed by atoms with Crippen LogP contribution in [-0.2, 0) is 4.74 Å². The maximum absolute atomic E-state index is 5.98. The largest absolute Gasteiger partial charge is 0.373 e. The summed E-state index contributed by atoms with van der Waals surface area (Å²) in [5, 5.41) is 0. The Balaban J connectivity index is 2.28. The minimum absolute atomic E-state index is 0.204. The van der Waals surface area contributed by atoms with Crippen molar-refractivity contribution in [2.75, 3.05) is 6.61 Å². The quantitative estimate of drug-likeness (QED) is 0.764. The molecule has 82 valence electrons. The summed E-state index contributed by atoms with van der Waals surface area (Å²) in [4.78, 5) is 0. The lowest BCUT2D eigenvalue weighted by Crippen LogP contribution is -2.31. The molecule has 1 fully saturated rings. The van der Waals surface area contributed by atoms with E-state index in [0.29, 0.717) is 6.04 Å². The fourth-order valence-corrected chi connectivity index (χ4v) is 2.36. The lowest BCUT2D eigenvalue weighted by Gasteiger charge is -2.29. The molecule has 1 aliphatic rings. The normalized spacial score (nSPS) is 26.6. The first kappa shape index (κ1) is 10.7. The molecule has 1 aromatic carbocycles. The zero-order valence-corrected chi connectivity index (χ0v) is 9.49. The molecule has 1 aromatic rings. The first-order chi connectivity index (χ1) is 7.18. The number of aryl methyl sites for hydroxylation is 2. The second kappa shape index (κ2) is 4.33. The molecular weight excluding hydrogens is 186 g/mol. The zero-order chi connectivity index (χ0) is 10.8. The highest BCUT2D eigenvalue weighted by molar-refractivity contribution is 5.35. The highest BCUT2D eigenvalue weighted by Crippen LogP contribution is 2.31. The summed E-state index contributed by atoms with van der Waals surface area (Å²) in [5.74, 6) is 0. The average molecular weight is 205 g/mol. The Morgan fingerprint density at radius 2 is 1.93 bits per heavy atom. The molecule has 1 saturated heterocycles. The molecule has 2 unspecified atom stereocenters. The number of ether oxygens (including phenoxy) is 1. The van der Waals surface area contributed by atoms with Gasteiger partial charge in [-0.3, -0.25) is 0 Å². The van der Waals surface area contributed by atoms with E-state index in [1.165, 1.54) is 16.7 Å². The van der Waals surface area contributed by atoms with Crippen molar-refractivity contribution in [2.24, 2.45) is 5.73 Å². The summed E-state index contributed by atoms with van der Waals surface area (Å²) in [6, 6.07) is 6.68. The van der Waals surface area contributed by atoms with Gasteiger partial charge in [0.05, 0.1) is 6.10 Å². The lowest BCUT2D eigenvalue weighted by atomic mass is 9.92. The number of nitrogens with two attached hydrogens (primary N) is 1. The standard InChI is InChI=1S/C13H19NO/c1-9-4-3-5-10(2)13(9)12-8-11(14)6-7-15-12/h3-5,11-12H,6-8,14H2,1-2H3. The van der Waals surface area contributed by atoms with Crippen LogP contribution < -0.4 is 5.73 Å². The van der Waals surface area contributed by atoms with Gasteiger partial charge in [-0.15, -0.1) is 0 Å². The third-order valence-corrected chi connectivity index (χ3v) is 3.19. The third kappa shape index (κ3) is 2.21. The Labute approximate surface area is 91.4 Å². The van der Waals surface area contributed by atoms with Gasteiger partial charge in [0.25, 0.3) is 0 Å². The number of hydrogen-bond donors (Lipinski definition) is 1. The Morgan fingerprint density at radius 3 is 2.53 bits per heavy atom. The van der Waals surface area contributed by atoms with Crippen molar-refractivity contribution in [1.82, 2.24) is 0 Å². The van der Waals surface area contributed by atoms with Crippen molar-refractivity contribution in [3.63, 3.8) is 0 Å². The third-order valence-electron chi connectivity index (χ3n) is 3.19. The van der Waals surface area contributed by atoms with E-state index in [0.717, 1.165) is 19.4 Å². The highest BCUT2D eigenvalue weighted by Gasteiger charge is 2.23. The molecule has 2 nitrogen and oxygen atoms in total. The SMILES string of the molecule is Cc1cccc(C)c1C1CC(N)CCO1. The van der Waals surface area contributed by atoms with E-state index in [9.17, 15) is 0 Å². The Hall–Kier alpha value is -0.860. The number of hydrogen-bond acceptors (Lipinski definition) is 2. The van der Waals surface area contributed by atoms with Gasteiger partial charge >= 0.3 is 0 Å². The van der Waals surface area contributed by atoms with E-state index in [1.54, 1.807) is 0 Å². The number of rotatable bonds is 1. The summed E-state index contributed by atoms with van der Waals surface area (Å²) in [6.07, 6.45) is 2.14. The smallest absolute Gasteiger partial charge is 0.0844 e. The van der Waals surface area contributed by atoms with Crippen molar-refractivity contribution < 1.29 is 4.74 Å². The summed E-state index contributed by atoms with van der Waals surface area (Å²) >= 11 is 0. The van der Waals surface area contributed by atoms with E-state index in [4.69, 9.17) is 10.5 Å². The van der Waals surface area contributed by atoms with Crippen LogP contribution in [0.3, 0.4) is 0 Å². The van der Waals surface area contributed by atoms with E-state index in [2.05, 4.69) is 32.0 Å². The molecule has 2 heteroatoms. The monoisotopic (exact) mass is 205 g/mol. The van der Waals surface area contributed by atoms with E-state index in [-0.39, 0.29) is 6.10 Å². The van der Waals surface area contributed by atoms with Crippen molar-refractivity contribution in [3.05, 3.63) is 34.9 Å². The van der Waals surface area contributed by atoms with Crippen LogP contribution in [0.1, 0.15) is 35.6 Å². The van der Waals surface area contributed by atoms with Crippen LogP contribution in [0.2, 0.25) is 0 Å². The zero-order valence-electron chi connectivity index (χ0n) is 9.49. The van der Waals surface area contributed by atoms with E-state index < -0.39 is 0 Å². The van der Waals surface area contributed by atoms with Gasteiger partial charge in [0.15, 0.2) is 0 Å². The van der Waals surface area contributed by atoms with Crippen LogP contribution in [0.4, 0.5) is 0 Å². The van der Waals surface area contributed by atoms with Gasteiger partial charge in [-0.05, 0) is 43.4 Å². The van der Waals surface area contributed by atoms with Gasteiger partial charge in [0.1, 0.15) is 0 Å². The maximum Gasteiger partial charge on any atom is 0.0844 e. The second-order valence-electron chi connectivity index (χ2n) is 4.45. The molecule has 0 bridgehead atoms. The summed E-state index contributed by atoms with van der Waals surface area (Å²) in [5.41, 5.74) is 9.95. The minimum Gasteiger partial charge on any atom is -0.373 e. The molecule has 0 aliphatic carbocycles. The van der Waals surface area contributed by atoms with Crippen molar-refractivity contribution in [1.29, 1.82) is 0 Å². The minimum atomic E-state index is 0.204. The van der Waals surface area contributed by atoms with Crippen LogP contribution in [0.25, 0.3) is 0 Å². The van der Waals surface area contributed by atoms with E-state index >= 15 is 0 Å². The van der Waals surface area contributed by atoms with Crippen LogP contribution in [0.15, 0.2) is 18.2 Å². The molecule has 0 aromatic heterocycles. The van der Waals surface area contributed by atoms with Gasteiger partial charge in [0.2, 0.25) is 0 Å². The maximum atomic E-state index is 5.98. The van der Waals surface area contributed by atoms with Crippen molar-refractivity contribution in [3.8, 4) is 0 Å². The summed E-state index contributed by atoms with van der Waals surface area (Å²) in [7, 11) is 0. The first-order valence-electron chi connectivity index (χ1n) is 5.62. The van der Waals surface area contributed by atoms with Crippen LogP contribution in [0, 0.1) is 13.8 Å². The predicted molar refractivity (Wildman–Crippen MR) is 61.8 cm³/mol. The Bertz CT molecular complexity index is 328. The molecule has 2 rings (SSSR count). The molecule has 2 N–H and O–H groups in total. The van der Waals surface area contributed by atoms with Gasteiger partial charge in [-0.25, -0.2) is 0 Å². The Morgan fingerprint density at radius 1 is 1.27 bits per heavy atom. The molecular formula is C13H19NO. The second-order valence-corrected chi connectivity index (χ2v) is 4.45. The molecule has 0 radical (unpaired) electrons. The molecule has 0 amide bonds. The fraction of sp³-hybridized carbons (Fsp3) is 0.538. The van der Waals surface area contributed by atoms with Gasteiger partial charge in [-0.2, -0.15) is 0 Å². The van der Waals surface area contributed by atoms with Crippen molar-refractivity contribution in [2.45, 2.75) is 38.8 Å².